The largest absolute Gasteiger partial charge is 0.456 e. The van der Waals surface area contributed by atoms with E-state index < -0.39 is 11.3 Å². The highest BCUT2D eigenvalue weighted by Crippen LogP contribution is 2.32. The fourth-order valence-electron chi connectivity index (χ4n) is 2.74. The third-order valence-corrected chi connectivity index (χ3v) is 4.44. The predicted molar refractivity (Wildman–Crippen MR) is 103 cm³/mol. The Labute approximate surface area is 153 Å². The number of halogens is 1. The zero-order chi connectivity index (χ0) is 18.9. The molecule has 26 heavy (non-hydrogen) atoms. The van der Waals surface area contributed by atoms with E-state index in [0.717, 1.165) is 27.9 Å². The Balaban J connectivity index is 1.83. The van der Waals surface area contributed by atoms with Crippen molar-refractivity contribution in [3.63, 3.8) is 0 Å². The Hall–Kier alpha value is -2.40. The highest BCUT2D eigenvalue weighted by Gasteiger charge is 2.24. The van der Waals surface area contributed by atoms with E-state index in [1.54, 1.807) is 26.1 Å². The maximum Gasteiger partial charge on any atom is 0.136 e. The third-order valence-electron chi connectivity index (χ3n) is 4.44. The first-order valence-corrected chi connectivity index (χ1v) is 8.73. The molecule has 2 aromatic heterocycles. The normalized spacial score (nSPS) is 12.7. The van der Waals surface area contributed by atoms with Crippen molar-refractivity contribution in [1.29, 1.82) is 0 Å². The van der Waals surface area contributed by atoms with E-state index in [2.05, 4.69) is 4.98 Å². The Kier molecular flexibility index (Phi) is 4.76. The molecule has 3 aromatic rings. The summed E-state index contributed by atoms with van der Waals surface area (Å²) in [6.45, 7) is 7.47. The first kappa shape index (κ1) is 18.4. The summed E-state index contributed by atoms with van der Waals surface area (Å²) in [6, 6.07) is 11.6. The summed E-state index contributed by atoms with van der Waals surface area (Å²) in [7, 11) is 0. The number of fused-ring (bicyclic) bond motifs is 1. The second-order valence-corrected chi connectivity index (χ2v) is 7.66. The van der Waals surface area contributed by atoms with Crippen LogP contribution in [0.25, 0.3) is 22.3 Å². The zero-order valence-electron chi connectivity index (χ0n) is 15.7. The molecule has 0 atom stereocenters. The van der Waals surface area contributed by atoms with Gasteiger partial charge in [-0.2, -0.15) is 0 Å². The van der Waals surface area contributed by atoms with E-state index in [0.29, 0.717) is 18.8 Å². The minimum atomic E-state index is -1.23. The summed E-state index contributed by atoms with van der Waals surface area (Å²) in [6.07, 6.45) is 2.05. The van der Waals surface area contributed by atoms with Gasteiger partial charge in [0.25, 0.3) is 0 Å². The molecule has 0 saturated carbocycles. The fraction of sp³-hybridized carbons (Fsp3) is 0.381. The Morgan fingerprint density at radius 1 is 1.12 bits per heavy atom. The number of rotatable bonds is 6. The van der Waals surface area contributed by atoms with Crippen molar-refractivity contribution < 1.29 is 13.5 Å². The lowest BCUT2D eigenvalue weighted by Crippen LogP contribution is -2.25. The fourth-order valence-corrected chi connectivity index (χ4v) is 2.74. The van der Waals surface area contributed by atoms with Crippen LogP contribution in [-0.2, 0) is 10.3 Å². The van der Waals surface area contributed by atoms with Crippen LogP contribution in [0, 0.1) is 0 Å². The minimum absolute atomic E-state index is 0.360. The van der Waals surface area contributed by atoms with Crippen LogP contribution >= 0.6 is 0 Å². The summed E-state index contributed by atoms with van der Waals surface area (Å²) in [5.41, 5.74) is 6.58. The molecule has 0 amide bonds. The van der Waals surface area contributed by atoms with Gasteiger partial charge >= 0.3 is 0 Å². The van der Waals surface area contributed by atoms with E-state index in [-0.39, 0.29) is 0 Å². The van der Waals surface area contributed by atoms with Crippen LogP contribution in [0.5, 0.6) is 0 Å². The number of nitrogen functional groups attached to an aromatic ring is 1. The average Bonchev–Trinajstić information content (AvgIpc) is 2.97. The number of nitrogens with two attached hydrogens (primary N) is 1. The van der Waals surface area contributed by atoms with E-state index in [4.69, 9.17) is 14.9 Å². The molecule has 0 saturated heterocycles. The number of hydrogen-bond donors (Lipinski definition) is 1. The molecular weight excluding hydrogens is 331 g/mol. The molecule has 0 fully saturated rings. The van der Waals surface area contributed by atoms with Crippen LogP contribution in [0.15, 0.2) is 47.0 Å². The lowest BCUT2D eigenvalue weighted by Gasteiger charge is -2.27. The van der Waals surface area contributed by atoms with Gasteiger partial charge in [0.2, 0.25) is 0 Å². The van der Waals surface area contributed by atoms with Crippen molar-refractivity contribution in [2.45, 2.75) is 45.4 Å². The maximum absolute atomic E-state index is 13.7. The van der Waals surface area contributed by atoms with E-state index in [1.165, 1.54) is 0 Å². The molecule has 5 heteroatoms. The molecule has 0 unspecified atom stereocenters. The topological polar surface area (TPSA) is 61.3 Å². The second kappa shape index (κ2) is 6.72. The molecule has 2 N–H and O–H groups in total. The number of benzene rings is 1. The number of pyridine rings is 1. The lowest BCUT2D eigenvalue weighted by atomic mass is 9.96. The molecule has 0 spiro atoms. The number of furan rings is 1. The summed E-state index contributed by atoms with van der Waals surface area (Å²) in [5.74, 6) is 1.21. The van der Waals surface area contributed by atoms with E-state index >= 15 is 0 Å². The van der Waals surface area contributed by atoms with Crippen molar-refractivity contribution in [1.82, 2.24) is 4.98 Å². The third kappa shape index (κ3) is 4.22. The minimum Gasteiger partial charge on any atom is -0.456 e. The Bertz CT molecular complexity index is 893. The monoisotopic (exact) mass is 356 g/mol. The summed E-state index contributed by atoms with van der Waals surface area (Å²) in [4.78, 5) is 4.10. The van der Waals surface area contributed by atoms with Gasteiger partial charge in [-0.1, -0.05) is 6.07 Å². The van der Waals surface area contributed by atoms with Crippen LogP contribution in [-0.4, -0.2) is 17.3 Å². The van der Waals surface area contributed by atoms with Gasteiger partial charge in [0.15, 0.2) is 0 Å². The molecule has 3 rings (SSSR count). The van der Waals surface area contributed by atoms with Crippen molar-refractivity contribution in [3.8, 4) is 11.3 Å². The van der Waals surface area contributed by atoms with Crippen molar-refractivity contribution in [2.24, 2.45) is 0 Å². The highest BCUT2D eigenvalue weighted by molar-refractivity contribution is 5.83. The predicted octanol–water partition coefficient (Wildman–Crippen LogP) is 5.47. The number of anilines is 1. The van der Waals surface area contributed by atoms with Crippen LogP contribution in [0.2, 0.25) is 0 Å². The Morgan fingerprint density at radius 2 is 1.88 bits per heavy atom. The van der Waals surface area contributed by atoms with Gasteiger partial charge < -0.3 is 14.9 Å². The summed E-state index contributed by atoms with van der Waals surface area (Å²) in [5, 5.41) is 0.983. The molecule has 0 aliphatic heterocycles. The van der Waals surface area contributed by atoms with E-state index in [1.807, 2.05) is 44.2 Å². The quantitative estimate of drug-likeness (QED) is 0.636. The van der Waals surface area contributed by atoms with Crippen LogP contribution in [0.3, 0.4) is 0 Å². The first-order chi connectivity index (χ1) is 12.1. The number of hydrogen-bond acceptors (Lipinski definition) is 4. The van der Waals surface area contributed by atoms with Gasteiger partial charge in [-0.25, -0.2) is 9.37 Å². The van der Waals surface area contributed by atoms with Crippen LogP contribution < -0.4 is 5.73 Å². The summed E-state index contributed by atoms with van der Waals surface area (Å²) >= 11 is 0. The maximum atomic E-state index is 13.7. The number of nitrogens with zero attached hydrogens (tertiary/aromatic N) is 1. The van der Waals surface area contributed by atoms with Gasteiger partial charge in [-0.3, -0.25) is 0 Å². The molecule has 0 bridgehead atoms. The molecular formula is C21H25FN2O2. The van der Waals surface area contributed by atoms with Crippen LogP contribution in [0.1, 0.15) is 39.7 Å². The van der Waals surface area contributed by atoms with Gasteiger partial charge in [-0.05, 0) is 63.6 Å². The molecule has 1 aromatic carbocycles. The molecule has 0 aliphatic carbocycles. The number of aromatic nitrogens is 1. The molecule has 4 nitrogen and oxygen atoms in total. The molecule has 138 valence electrons. The van der Waals surface area contributed by atoms with Crippen molar-refractivity contribution in [3.05, 3.63) is 48.2 Å². The number of alkyl halides is 1. The SMILES string of the molecule is CC(C)(F)CCOC(C)(C)c1ccc2oc(-c3ccc(N)nc3)cc2c1. The van der Waals surface area contributed by atoms with Crippen molar-refractivity contribution in [2.75, 3.05) is 12.3 Å². The number of ether oxygens (including phenoxy) is 1. The molecule has 0 aliphatic rings. The standard InChI is InChI=1S/C21H25FN2O2/c1-20(2,22)9-10-25-21(3,4)16-6-7-17-15(11-16)12-18(26-17)14-5-8-19(23)24-13-14/h5-8,11-13H,9-10H2,1-4H3,(H2,23,24). The smallest absolute Gasteiger partial charge is 0.136 e. The van der Waals surface area contributed by atoms with Crippen molar-refractivity contribution >= 4 is 16.8 Å². The second-order valence-electron chi connectivity index (χ2n) is 7.66. The van der Waals surface area contributed by atoms with E-state index in [9.17, 15) is 4.39 Å². The van der Waals surface area contributed by atoms with Gasteiger partial charge in [0.05, 0.1) is 12.2 Å². The zero-order valence-corrected chi connectivity index (χ0v) is 15.7. The van der Waals surface area contributed by atoms with Gasteiger partial charge in [0, 0.05) is 23.6 Å². The van der Waals surface area contributed by atoms with Gasteiger partial charge in [-0.15, -0.1) is 0 Å². The van der Waals surface area contributed by atoms with Gasteiger partial charge in [0.1, 0.15) is 22.8 Å². The summed E-state index contributed by atoms with van der Waals surface area (Å²) < 4.78 is 25.5. The molecule has 2 heterocycles. The molecule has 0 radical (unpaired) electrons. The first-order valence-electron chi connectivity index (χ1n) is 8.73. The van der Waals surface area contributed by atoms with Crippen LogP contribution in [0.4, 0.5) is 10.2 Å². The highest BCUT2D eigenvalue weighted by atomic mass is 19.1. The lowest BCUT2D eigenvalue weighted by molar-refractivity contribution is -0.0361. The average molecular weight is 356 g/mol. The Morgan fingerprint density at radius 3 is 2.54 bits per heavy atom.